The first-order valence-electron chi connectivity index (χ1n) is 7.94. The van der Waals surface area contributed by atoms with Gasteiger partial charge in [-0.3, -0.25) is 19.5 Å². The average Bonchev–Trinajstić information content (AvgIpc) is 3.41. The molecular formula is C16H18N6O3. The summed E-state index contributed by atoms with van der Waals surface area (Å²) in [5, 5.41) is 11.7. The molecule has 0 unspecified atom stereocenters. The van der Waals surface area contributed by atoms with E-state index in [-0.39, 0.29) is 16.9 Å². The van der Waals surface area contributed by atoms with E-state index in [2.05, 4.69) is 30.8 Å². The number of aromatic amines is 1. The minimum Gasteiger partial charge on any atom is -0.352 e. The molecular weight excluding hydrogens is 324 g/mol. The number of rotatable bonds is 7. The second kappa shape index (κ2) is 7.20. The van der Waals surface area contributed by atoms with Gasteiger partial charge >= 0.3 is 0 Å². The molecule has 2 aromatic heterocycles. The van der Waals surface area contributed by atoms with Crippen molar-refractivity contribution in [3.63, 3.8) is 0 Å². The summed E-state index contributed by atoms with van der Waals surface area (Å²) >= 11 is 0. The molecule has 0 aliphatic heterocycles. The summed E-state index contributed by atoms with van der Waals surface area (Å²) in [4.78, 5) is 43.2. The lowest BCUT2D eigenvalue weighted by atomic mass is 10.0. The average molecular weight is 342 g/mol. The van der Waals surface area contributed by atoms with Crippen molar-refractivity contribution in [2.45, 2.75) is 19.3 Å². The van der Waals surface area contributed by atoms with Crippen LogP contribution in [-0.4, -0.2) is 45.1 Å². The molecule has 0 atom stereocenters. The van der Waals surface area contributed by atoms with Crippen LogP contribution in [0.15, 0.2) is 35.9 Å². The Bertz CT molecular complexity index is 816. The Kier molecular flexibility index (Phi) is 4.82. The second-order valence-corrected chi connectivity index (χ2v) is 6.13. The molecule has 1 aliphatic carbocycles. The van der Waals surface area contributed by atoms with E-state index in [0.29, 0.717) is 18.7 Å². The summed E-state index contributed by atoms with van der Waals surface area (Å²) in [6.45, 7) is 0.970. The van der Waals surface area contributed by atoms with Crippen LogP contribution in [0.4, 0.5) is 0 Å². The maximum Gasteiger partial charge on any atom is 0.256 e. The van der Waals surface area contributed by atoms with E-state index in [9.17, 15) is 14.4 Å². The highest BCUT2D eigenvalue weighted by atomic mass is 16.2. The zero-order valence-electron chi connectivity index (χ0n) is 13.5. The van der Waals surface area contributed by atoms with Gasteiger partial charge in [0, 0.05) is 31.7 Å². The molecule has 0 saturated heterocycles. The fourth-order valence-corrected chi connectivity index (χ4v) is 2.53. The Hall–Kier alpha value is -3.10. The van der Waals surface area contributed by atoms with Gasteiger partial charge in [0.1, 0.15) is 11.9 Å². The monoisotopic (exact) mass is 342 g/mol. The van der Waals surface area contributed by atoms with Crippen LogP contribution in [0.3, 0.4) is 0 Å². The van der Waals surface area contributed by atoms with Crippen LogP contribution in [0.2, 0.25) is 0 Å². The van der Waals surface area contributed by atoms with Crippen LogP contribution in [-0.2, 0) is 0 Å². The van der Waals surface area contributed by atoms with E-state index < -0.39 is 11.3 Å². The maximum atomic E-state index is 12.1. The third kappa shape index (κ3) is 4.25. The van der Waals surface area contributed by atoms with Crippen LogP contribution in [0.1, 0.15) is 40.0 Å². The molecule has 130 valence electrons. The van der Waals surface area contributed by atoms with Crippen molar-refractivity contribution < 1.29 is 9.59 Å². The summed E-state index contributed by atoms with van der Waals surface area (Å²) in [5.74, 6) is -0.635. The normalized spacial score (nSPS) is 14.6. The summed E-state index contributed by atoms with van der Waals surface area (Å²) < 4.78 is 0. The Balaban J connectivity index is 1.46. The fraction of sp³-hybridized carbons (Fsp3) is 0.375. The number of carbonyl (C=O) groups excluding carboxylic acids is 2. The number of H-pyrrole nitrogens is 1. The predicted octanol–water partition coefficient (Wildman–Crippen LogP) is -0.110. The van der Waals surface area contributed by atoms with Crippen molar-refractivity contribution in [3.8, 4) is 0 Å². The predicted molar refractivity (Wildman–Crippen MR) is 87.8 cm³/mol. The lowest BCUT2D eigenvalue weighted by Gasteiger charge is -2.16. The number of nitrogens with zero attached hydrogens (tertiary/aromatic N) is 3. The zero-order chi connectivity index (χ0) is 17.7. The van der Waals surface area contributed by atoms with Crippen molar-refractivity contribution in [1.82, 2.24) is 30.8 Å². The number of aromatic nitrogens is 4. The van der Waals surface area contributed by atoms with Crippen molar-refractivity contribution in [3.05, 3.63) is 52.5 Å². The second-order valence-electron chi connectivity index (χ2n) is 6.13. The number of hydrogen-bond donors (Lipinski definition) is 3. The zero-order valence-corrected chi connectivity index (χ0v) is 13.5. The minimum atomic E-state index is -0.418. The van der Waals surface area contributed by atoms with Crippen LogP contribution in [0.25, 0.3) is 0 Å². The Morgan fingerprint density at radius 2 is 1.88 bits per heavy atom. The van der Waals surface area contributed by atoms with Gasteiger partial charge in [-0.25, -0.2) is 9.97 Å². The van der Waals surface area contributed by atoms with E-state index in [1.165, 1.54) is 24.9 Å². The summed E-state index contributed by atoms with van der Waals surface area (Å²) in [6, 6.07) is 0. The highest BCUT2D eigenvalue weighted by Crippen LogP contribution is 2.47. The van der Waals surface area contributed by atoms with Gasteiger partial charge in [0.2, 0.25) is 5.43 Å². The molecule has 1 saturated carbocycles. The lowest BCUT2D eigenvalue weighted by Crippen LogP contribution is -2.35. The van der Waals surface area contributed by atoms with Crippen LogP contribution in [0.5, 0.6) is 0 Å². The highest BCUT2D eigenvalue weighted by molar-refractivity contribution is 5.94. The number of nitrogens with one attached hydrogen (secondary N) is 3. The molecule has 3 rings (SSSR count). The van der Waals surface area contributed by atoms with E-state index in [1.54, 1.807) is 0 Å². The molecule has 0 bridgehead atoms. The summed E-state index contributed by atoms with van der Waals surface area (Å²) in [6.07, 6.45) is 9.36. The highest BCUT2D eigenvalue weighted by Gasteiger charge is 2.42. The summed E-state index contributed by atoms with van der Waals surface area (Å²) in [7, 11) is 0. The van der Waals surface area contributed by atoms with Gasteiger partial charge in [-0.15, -0.1) is 0 Å². The molecule has 2 aromatic rings. The first-order valence-corrected chi connectivity index (χ1v) is 7.94. The van der Waals surface area contributed by atoms with E-state index >= 15 is 0 Å². The SMILES string of the molecule is O=C(NCCC1(CNC(=O)c2c[nH]ncc2=O)CC1)c1cncnc1. The van der Waals surface area contributed by atoms with Crippen molar-refractivity contribution in [1.29, 1.82) is 0 Å². The lowest BCUT2D eigenvalue weighted by molar-refractivity contribution is 0.0928. The molecule has 0 radical (unpaired) electrons. The number of amides is 2. The van der Waals surface area contributed by atoms with Crippen molar-refractivity contribution >= 4 is 11.8 Å². The Morgan fingerprint density at radius 3 is 2.56 bits per heavy atom. The largest absolute Gasteiger partial charge is 0.352 e. The third-order valence-electron chi connectivity index (χ3n) is 4.32. The van der Waals surface area contributed by atoms with Crippen molar-refractivity contribution in [2.75, 3.05) is 13.1 Å². The number of hydrogen-bond acceptors (Lipinski definition) is 6. The molecule has 2 amide bonds. The standard InChI is InChI=1S/C16H18N6O3/c23-13-8-22-21-7-12(13)15(25)20-9-16(1-2-16)3-4-19-14(24)11-5-17-10-18-6-11/h5-8,10H,1-4,9H2,(H,19,24)(H,20,25)(H,21,23). The topological polar surface area (TPSA) is 130 Å². The fourth-order valence-electron chi connectivity index (χ4n) is 2.53. The van der Waals surface area contributed by atoms with E-state index in [4.69, 9.17) is 0 Å². The van der Waals surface area contributed by atoms with Gasteiger partial charge in [0.15, 0.2) is 0 Å². The van der Waals surface area contributed by atoms with Gasteiger partial charge < -0.3 is 10.6 Å². The molecule has 0 aromatic carbocycles. The van der Waals surface area contributed by atoms with E-state index in [1.807, 2.05) is 0 Å². The molecule has 0 spiro atoms. The van der Waals surface area contributed by atoms with Gasteiger partial charge in [0.05, 0.1) is 11.8 Å². The molecule has 1 fully saturated rings. The molecule has 1 aliphatic rings. The Morgan fingerprint density at radius 1 is 1.12 bits per heavy atom. The molecule has 3 N–H and O–H groups in total. The Labute approximate surface area is 143 Å². The minimum absolute atomic E-state index is 0.0179. The van der Waals surface area contributed by atoms with E-state index in [0.717, 1.165) is 25.5 Å². The maximum absolute atomic E-state index is 12.1. The smallest absolute Gasteiger partial charge is 0.256 e. The summed E-state index contributed by atoms with van der Waals surface area (Å²) in [5.41, 5.74) is 0.0230. The molecule has 25 heavy (non-hydrogen) atoms. The quantitative estimate of drug-likeness (QED) is 0.644. The van der Waals surface area contributed by atoms with Gasteiger partial charge in [-0.05, 0) is 24.7 Å². The first kappa shape index (κ1) is 16.7. The molecule has 2 heterocycles. The third-order valence-corrected chi connectivity index (χ3v) is 4.32. The first-order chi connectivity index (χ1) is 12.1. The van der Waals surface area contributed by atoms with Crippen LogP contribution >= 0.6 is 0 Å². The van der Waals surface area contributed by atoms with Crippen LogP contribution < -0.4 is 16.1 Å². The van der Waals surface area contributed by atoms with Gasteiger partial charge in [-0.2, -0.15) is 5.10 Å². The van der Waals surface area contributed by atoms with Crippen molar-refractivity contribution in [2.24, 2.45) is 5.41 Å². The van der Waals surface area contributed by atoms with Crippen LogP contribution in [0, 0.1) is 5.41 Å². The molecule has 9 nitrogen and oxygen atoms in total. The van der Waals surface area contributed by atoms with Gasteiger partial charge in [-0.1, -0.05) is 0 Å². The molecule has 9 heteroatoms. The number of carbonyl (C=O) groups is 2. The van der Waals surface area contributed by atoms with Gasteiger partial charge in [0.25, 0.3) is 11.8 Å².